The van der Waals surface area contributed by atoms with Crippen molar-refractivity contribution in [3.8, 4) is 11.5 Å². The molecular formula is C12H16F3NO2. The second kappa shape index (κ2) is 5.95. The molecule has 18 heavy (non-hydrogen) atoms. The lowest BCUT2D eigenvalue weighted by molar-refractivity contribution is -0.140. The number of alkyl halides is 3. The Morgan fingerprint density at radius 1 is 1.22 bits per heavy atom. The highest BCUT2D eigenvalue weighted by atomic mass is 19.4. The summed E-state index contributed by atoms with van der Waals surface area (Å²) in [4.78, 5) is 0. The van der Waals surface area contributed by atoms with Crippen LogP contribution >= 0.6 is 0 Å². The molecule has 0 spiro atoms. The van der Waals surface area contributed by atoms with Gasteiger partial charge in [0.25, 0.3) is 0 Å². The molecule has 6 heteroatoms. The molecule has 0 aromatic heterocycles. The van der Waals surface area contributed by atoms with Crippen molar-refractivity contribution in [1.82, 2.24) is 5.32 Å². The van der Waals surface area contributed by atoms with Gasteiger partial charge in [-0.2, -0.15) is 13.2 Å². The average Bonchev–Trinajstić information content (AvgIpc) is 2.34. The standard InChI is InChI=1S/C12H16F3NO2/c1-16-10(7-12(13,14)15)9-6-8(17-2)4-5-11(9)18-3/h4-6,10,16H,7H2,1-3H3. The Morgan fingerprint density at radius 3 is 2.33 bits per heavy atom. The van der Waals surface area contributed by atoms with Crippen LogP contribution in [0, 0.1) is 0 Å². The Kier molecular flexibility index (Phi) is 4.84. The number of benzene rings is 1. The predicted molar refractivity (Wildman–Crippen MR) is 62.0 cm³/mol. The lowest BCUT2D eigenvalue weighted by Crippen LogP contribution is -2.24. The number of rotatable bonds is 5. The lowest BCUT2D eigenvalue weighted by atomic mass is 10.0. The molecule has 1 aromatic carbocycles. The Morgan fingerprint density at radius 2 is 1.89 bits per heavy atom. The van der Waals surface area contributed by atoms with Crippen LogP contribution in [0.1, 0.15) is 18.0 Å². The van der Waals surface area contributed by atoms with Crippen molar-refractivity contribution < 1.29 is 22.6 Å². The predicted octanol–water partition coefficient (Wildman–Crippen LogP) is 2.92. The van der Waals surface area contributed by atoms with Crippen LogP contribution in [0.4, 0.5) is 13.2 Å². The topological polar surface area (TPSA) is 30.5 Å². The smallest absolute Gasteiger partial charge is 0.390 e. The van der Waals surface area contributed by atoms with E-state index in [9.17, 15) is 13.2 Å². The van der Waals surface area contributed by atoms with Crippen LogP contribution < -0.4 is 14.8 Å². The second-order valence-electron chi connectivity index (χ2n) is 3.77. The van der Waals surface area contributed by atoms with Crippen LogP contribution in [0.15, 0.2) is 18.2 Å². The molecule has 1 rings (SSSR count). The Balaban J connectivity index is 3.09. The van der Waals surface area contributed by atoms with Crippen molar-refractivity contribution in [2.45, 2.75) is 18.6 Å². The molecule has 1 unspecified atom stereocenters. The van der Waals surface area contributed by atoms with E-state index in [0.717, 1.165) is 0 Å². The quantitative estimate of drug-likeness (QED) is 0.886. The van der Waals surface area contributed by atoms with Crippen molar-refractivity contribution in [3.63, 3.8) is 0 Å². The maximum Gasteiger partial charge on any atom is 0.390 e. The number of hydrogen-bond donors (Lipinski definition) is 1. The zero-order valence-corrected chi connectivity index (χ0v) is 10.5. The van der Waals surface area contributed by atoms with Gasteiger partial charge in [0.1, 0.15) is 11.5 Å². The fourth-order valence-corrected chi connectivity index (χ4v) is 1.71. The van der Waals surface area contributed by atoms with Gasteiger partial charge >= 0.3 is 6.18 Å². The molecule has 1 aromatic rings. The van der Waals surface area contributed by atoms with E-state index in [1.54, 1.807) is 18.2 Å². The van der Waals surface area contributed by atoms with E-state index in [-0.39, 0.29) is 0 Å². The van der Waals surface area contributed by atoms with E-state index in [4.69, 9.17) is 9.47 Å². The molecule has 0 bridgehead atoms. The van der Waals surface area contributed by atoms with Gasteiger partial charge in [0, 0.05) is 11.6 Å². The van der Waals surface area contributed by atoms with Gasteiger partial charge in [-0.25, -0.2) is 0 Å². The van der Waals surface area contributed by atoms with Gasteiger partial charge in [-0.3, -0.25) is 0 Å². The molecule has 102 valence electrons. The number of hydrogen-bond acceptors (Lipinski definition) is 3. The van der Waals surface area contributed by atoms with Crippen molar-refractivity contribution in [2.75, 3.05) is 21.3 Å². The molecule has 1 N–H and O–H groups in total. The minimum absolute atomic E-state index is 0.402. The second-order valence-corrected chi connectivity index (χ2v) is 3.77. The number of methoxy groups -OCH3 is 2. The van der Waals surface area contributed by atoms with Gasteiger partial charge in [0.2, 0.25) is 0 Å². The van der Waals surface area contributed by atoms with Crippen LogP contribution in [-0.4, -0.2) is 27.4 Å². The first-order valence-corrected chi connectivity index (χ1v) is 5.37. The van der Waals surface area contributed by atoms with E-state index >= 15 is 0 Å². The number of halogens is 3. The Bertz CT molecular complexity index is 393. The highest BCUT2D eigenvalue weighted by molar-refractivity contribution is 5.42. The Labute approximate surface area is 104 Å². The van der Waals surface area contributed by atoms with Gasteiger partial charge < -0.3 is 14.8 Å². The summed E-state index contributed by atoms with van der Waals surface area (Å²) in [5, 5.41) is 2.65. The molecule has 3 nitrogen and oxygen atoms in total. The summed E-state index contributed by atoms with van der Waals surface area (Å²) in [6, 6.07) is 3.92. The van der Waals surface area contributed by atoms with Crippen LogP contribution in [0.5, 0.6) is 11.5 Å². The SMILES string of the molecule is CNC(CC(F)(F)F)c1cc(OC)ccc1OC. The van der Waals surface area contributed by atoms with Crippen molar-refractivity contribution in [2.24, 2.45) is 0 Å². The van der Waals surface area contributed by atoms with Crippen molar-refractivity contribution >= 4 is 0 Å². The van der Waals surface area contributed by atoms with Gasteiger partial charge in [-0.1, -0.05) is 0 Å². The maximum atomic E-state index is 12.5. The monoisotopic (exact) mass is 263 g/mol. The van der Waals surface area contributed by atoms with Crippen molar-refractivity contribution in [1.29, 1.82) is 0 Å². The van der Waals surface area contributed by atoms with Crippen LogP contribution in [0.25, 0.3) is 0 Å². The van der Waals surface area contributed by atoms with E-state index < -0.39 is 18.6 Å². The molecule has 0 amide bonds. The van der Waals surface area contributed by atoms with E-state index in [1.165, 1.54) is 21.3 Å². The molecule has 0 aliphatic rings. The number of ether oxygens (including phenoxy) is 2. The molecule has 0 heterocycles. The third kappa shape index (κ3) is 3.80. The van der Waals surface area contributed by atoms with Gasteiger partial charge in [0.05, 0.1) is 20.6 Å². The van der Waals surface area contributed by atoms with E-state index in [1.807, 2.05) is 0 Å². The first-order valence-electron chi connectivity index (χ1n) is 5.37. The summed E-state index contributed by atoms with van der Waals surface area (Å²) in [6.45, 7) is 0. The summed E-state index contributed by atoms with van der Waals surface area (Å²) in [5.41, 5.74) is 0.427. The molecule has 0 aliphatic carbocycles. The first-order chi connectivity index (χ1) is 8.41. The molecule has 0 saturated carbocycles. The Hall–Kier alpha value is -1.43. The van der Waals surface area contributed by atoms with Crippen LogP contribution in [0.3, 0.4) is 0 Å². The summed E-state index contributed by atoms with van der Waals surface area (Å²) in [7, 11) is 4.37. The van der Waals surface area contributed by atoms with Gasteiger partial charge in [-0.15, -0.1) is 0 Å². The first kappa shape index (κ1) is 14.6. The largest absolute Gasteiger partial charge is 0.497 e. The van der Waals surface area contributed by atoms with E-state index in [0.29, 0.717) is 17.1 Å². The minimum atomic E-state index is -4.25. The average molecular weight is 263 g/mol. The summed E-state index contributed by atoms with van der Waals surface area (Å²) in [6.07, 6.45) is -5.21. The zero-order chi connectivity index (χ0) is 13.8. The normalized spacial score (nSPS) is 13.2. The zero-order valence-electron chi connectivity index (χ0n) is 10.5. The third-order valence-electron chi connectivity index (χ3n) is 2.60. The minimum Gasteiger partial charge on any atom is -0.497 e. The molecule has 0 fully saturated rings. The molecule has 0 saturated heterocycles. The summed E-state index contributed by atoms with van der Waals surface area (Å²) >= 11 is 0. The number of nitrogens with one attached hydrogen (secondary N) is 1. The summed E-state index contributed by atoms with van der Waals surface area (Å²) in [5.74, 6) is 0.896. The fourth-order valence-electron chi connectivity index (χ4n) is 1.71. The third-order valence-corrected chi connectivity index (χ3v) is 2.60. The summed E-state index contributed by atoms with van der Waals surface area (Å²) < 4.78 is 47.5. The lowest BCUT2D eigenvalue weighted by Gasteiger charge is -2.21. The highest BCUT2D eigenvalue weighted by Crippen LogP contribution is 2.35. The maximum absolute atomic E-state index is 12.5. The molecule has 0 aliphatic heterocycles. The van der Waals surface area contributed by atoms with Crippen LogP contribution in [-0.2, 0) is 0 Å². The highest BCUT2D eigenvalue weighted by Gasteiger charge is 2.33. The molecule has 1 atom stereocenters. The van der Waals surface area contributed by atoms with Gasteiger partial charge in [0.15, 0.2) is 0 Å². The van der Waals surface area contributed by atoms with Crippen molar-refractivity contribution in [3.05, 3.63) is 23.8 Å². The van der Waals surface area contributed by atoms with Crippen LogP contribution in [0.2, 0.25) is 0 Å². The fraction of sp³-hybridized carbons (Fsp3) is 0.500. The molecule has 0 radical (unpaired) electrons. The van der Waals surface area contributed by atoms with Gasteiger partial charge in [-0.05, 0) is 25.2 Å². The van der Waals surface area contributed by atoms with E-state index in [2.05, 4.69) is 5.32 Å². The molecular weight excluding hydrogens is 247 g/mol.